The third kappa shape index (κ3) is 4.14. The van der Waals surface area contributed by atoms with Gasteiger partial charge in [0.1, 0.15) is 6.10 Å². The fraction of sp³-hybridized carbons (Fsp3) is 0.391. The van der Waals surface area contributed by atoms with Crippen LogP contribution in [-0.2, 0) is 4.74 Å². The standard InChI is InChI=1S/C23H25ClN2O5/c1-29-18-9-8-17(20(24)21(18)30-2)22(27)25-12-10-16(11-13-25)26-14-19(31-23(26)28)15-6-4-3-5-7-15/h3-9,16,19H,10-14H2,1-2H3. The van der Waals surface area contributed by atoms with Gasteiger partial charge in [-0.15, -0.1) is 0 Å². The minimum atomic E-state index is -0.290. The number of carbonyl (C=O) groups is 2. The zero-order valence-corrected chi connectivity index (χ0v) is 18.3. The Hall–Kier alpha value is -2.93. The van der Waals surface area contributed by atoms with E-state index in [1.54, 1.807) is 21.9 Å². The molecule has 2 heterocycles. The second-order valence-electron chi connectivity index (χ2n) is 7.62. The fourth-order valence-electron chi connectivity index (χ4n) is 4.22. The minimum Gasteiger partial charge on any atom is -0.493 e. The molecule has 2 saturated heterocycles. The van der Waals surface area contributed by atoms with Crippen LogP contribution >= 0.6 is 11.6 Å². The lowest BCUT2D eigenvalue weighted by atomic mass is 10.0. The smallest absolute Gasteiger partial charge is 0.410 e. The molecule has 0 aliphatic carbocycles. The summed E-state index contributed by atoms with van der Waals surface area (Å²) in [6.45, 7) is 1.60. The first-order valence-electron chi connectivity index (χ1n) is 10.3. The first kappa shape index (κ1) is 21.3. The maximum atomic E-state index is 13.1. The summed E-state index contributed by atoms with van der Waals surface area (Å²) in [6.07, 6.45) is 0.834. The van der Waals surface area contributed by atoms with Crippen molar-refractivity contribution in [2.24, 2.45) is 0 Å². The van der Waals surface area contributed by atoms with Crippen LogP contribution in [0.4, 0.5) is 4.79 Å². The van der Waals surface area contributed by atoms with Crippen LogP contribution in [0.25, 0.3) is 0 Å². The van der Waals surface area contributed by atoms with Crippen molar-refractivity contribution < 1.29 is 23.8 Å². The molecule has 164 valence electrons. The number of hydrogen-bond donors (Lipinski definition) is 0. The number of carbonyl (C=O) groups excluding carboxylic acids is 2. The molecule has 2 fully saturated rings. The van der Waals surface area contributed by atoms with E-state index in [4.69, 9.17) is 25.8 Å². The maximum Gasteiger partial charge on any atom is 0.410 e. The highest BCUT2D eigenvalue weighted by Gasteiger charge is 2.38. The molecule has 0 spiro atoms. The molecule has 0 saturated carbocycles. The Morgan fingerprint density at radius 2 is 1.77 bits per heavy atom. The Morgan fingerprint density at radius 1 is 1.06 bits per heavy atom. The van der Waals surface area contributed by atoms with Crippen molar-refractivity contribution in [1.29, 1.82) is 0 Å². The first-order valence-corrected chi connectivity index (χ1v) is 10.6. The van der Waals surface area contributed by atoms with Gasteiger partial charge < -0.3 is 24.0 Å². The lowest BCUT2D eigenvalue weighted by molar-refractivity contribution is 0.0658. The van der Waals surface area contributed by atoms with E-state index in [1.807, 2.05) is 30.3 Å². The van der Waals surface area contributed by atoms with Crippen molar-refractivity contribution in [2.45, 2.75) is 25.0 Å². The number of nitrogens with zero attached hydrogens (tertiary/aromatic N) is 2. The van der Waals surface area contributed by atoms with Crippen molar-refractivity contribution in [3.05, 3.63) is 58.6 Å². The van der Waals surface area contributed by atoms with E-state index in [2.05, 4.69) is 0 Å². The molecule has 2 aromatic carbocycles. The molecule has 0 bridgehead atoms. The lowest BCUT2D eigenvalue weighted by Gasteiger charge is -2.35. The number of hydrogen-bond acceptors (Lipinski definition) is 5. The maximum absolute atomic E-state index is 13.1. The third-order valence-corrected chi connectivity index (χ3v) is 6.29. The van der Waals surface area contributed by atoms with Crippen LogP contribution in [0.1, 0.15) is 34.9 Å². The quantitative estimate of drug-likeness (QED) is 0.692. The van der Waals surface area contributed by atoms with Crippen molar-refractivity contribution in [3.63, 3.8) is 0 Å². The molecule has 2 aliphatic heterocycles. The zero-order valence-electron chi connectivity index (χ0n) is 17.5. The van der Waals surface area contributed by atoms with Crippen LogP contribution in [0.2, 0.25) is 5.02 Å². The molecule has 7 nitrogen and oxygen atoms in total. The highest BCUT2D eigenvalue weighted by atomic mass is 35.5. The summed E-state index contributed by atoms with van der Waals surface area (Å²) in [5, 5.41) is 0.239. The molecule has 0 N–H and O–H groups in total. The molecule has 0 aromatic heterocycles. The summed E-state index contributed by atoms with van der Waals surface area (Å²) in [4.78, 5) is 29.1. The summed E-state index contributed by atoms with van der Waals surface area (Å²) in [6, 6.07) is 13.1. The van der Waals surface area contributed by atoms with E-state index in [9.17, 15) is 9.59 Å². The monoisotopic (exact) mass is 444 g/mol. The van der Waals surface area contributed by atoms with Gasteiger partial charge in [0.05, 0.1) is 31.4 Å². The van der Waals surface area contributed by atoms with Crippen LogP contribution in [0.3, 0.4) is 0 Å². The van der Waals surface area contributed by atoms with Crippen LogP contribution in [0.5, 0.6) is 11.5 Å². The van der Waals surface area contributed by atoms with Gasteiger partial charge in [-0.25, -0.2) is 4.79 Å². The highest BCUT2D eigenvalue weighted by Crippen LogP contribution is 2.38. The Bertz CT molecular complexity index is 960. The Balaban J connectivity index is 1.40. The molecule has 1 atom stereocenters. The number of piperidine rings is 1. The van der Waals surface area contributed by atoms with Gasteiger partial charge in [-0.2, -0.15) is 0 Å². The van der Waals surface area contributed by atoms with Crippen molar-refractivity contribution in [2.75, 3.05) is 33.9 Å². The number of rotatable bonds is 5. The summed E-state index contributed by atoms with van der Waals surface area (Å²) >= 11 is 6.41. The summed E-state index contributed by atoms with van der Waals surface area (Å²) < 4.78 is 16.1. The van der Waals surface area contributed by atoms with Gasteiger partial charge in [-0.3, -0.25) is 4.79 Å². The lowest BCUT2D eigenvalue weighted by Crippen LogP contribution is -2.47. The Morgan fingerprint density at radius 3 is 2.42 bits per heavy atom. The molecule has 2 amide bonds. The first-order chi connectivity index (χ1) is 15.0. The normalized spacial score (nSPS) is 19.3. The van der Waals surface area contributed by atoms with Crippen LogP contribution in [0.15, 0.2) is 42.5 Å². The summed E-state index contributed by atoms with van der Waals surface area (Å²) in [7, 11) is 3.01. The second kappa shape index (κ2) is 9.06. The predicted molar refractivity (Wildman–Crippen MR) is 116 cm³/mol. The molecule has 2 aliphatic rings. The summed E-state index contributed by atoms with van der Waals surface area (Å²) in [5.41, 5.74) is 1.37. The van der Waals surface area contributed by atoms with Crippen LogP contribution in [-0.4, -0.2) is 61.7 Å². The van der Waals surface area contributed by atoms with E-state index >= 15 is 0 Å². The molecule has 0 radical (unpaired) electrons. The number of methoxy groups -OCH3 is 2. The zero-order chi connectivity index (χ0) is 22.0. The van der Waals surface area contributed by atoms with Crippen molar-refractivity contribution in [3.8, 4) is 11.5 Å². The molecule has 2 aromatic rings. The van der Waals surface area contributed by atoms with E-state index in [1.165, 1.54) is 14.2 Å². The van der Waals surface area contributed by atoms with Crippen molar-refractivity contribution >= 4 is 23.6 Å². The van der Waals surface area contributed by atoms with Gasteiger partial charge >= 0.3 is 6.09 Å². The van der Waals surface area contributed by atoms with Crippen molar-refractivity contribution in [1.82, 2.24) is 9.80 Å². The largest absolute Gasteiger partial charge is 0.493 e. The third-order valence-electron chi connectivity index (χ3n) is 5.92. The van der Waals surface area contributed by atoms with Gasteiger partial charge in [0, 0.05) is 19.1 Å². The molecule has 31 heavy (non-hydrogen) atoms. The number of cyclic esters (lactones) is 1. The average Bonchev–Trinajstić information content (AvgIpc) is 3.20. The van der Waals surface area contributed by atoms with Gasteiger partial charge in [0.25, 0.3) is 5.91 Å². The van der Waals surface area contributed by atoms with Gasteiger partial charge in [0.2, 0.25) is 0 Å². The van der Waals surface area contributed by atoms with E-state index in [0.29, 0.717) is 49.5 Å². The molecule has 8 heteroatoms. The number of halogens is 1. The number of ether oxygens (including phenoxy) is 3. The average molecular weight is 445 g/mol. The summed E-state index contributed by atoms with van der Waals surface area (Å²) in [5.74, 6) is 0.663. The second-order valence-corrected chi connectivity index (χ2v) is 8.00. The Kier molecular flexibility index (Phi) is 6.23. The topological polar surface area (TPSA) is 68.3 Å². The van der Waals surface area contributed by atoms with E-state index < -0.39 is 0 Å². The van der Waals surface area contributed by atoms with Gasteiger partial charge in [-0.1, -0.05) is 41.9 Å². The van der Waals surface area contributed by atoms with Crippen LogP contribution in [0, 0.1) is 0 Å². The minimum absolute atomic E-state index is 0.0473. The van der Waals surface area contributed by atoms with Crippen LogP contribution < -0.4 is 9.47 Å². The molecular weight excluding hydrogens is 420 g/mol. The number of benzene rings is 2. The molecular formula is C23H25ClN2O5. The molecule has 1 unspecified atom stereocenters. The molecule has 4 rings (SSSR count). The Labute approximate surface area is 186 Å². The van der Waals surface area contributed by atoms with E-state index in [0.717, 1.165) is 5.56 Å². The number of likely N-dealkylation sites (tertiary alicyclic amines) is 1. The predicted octanol–water partition coefficient (Wildman–Crippen LogP) is 4.16. The van der Waals surface area contributed by atoms with Gasteiger partial charge in [0.15, 0.2) is 11.5 Å². The highest BCUT2D eigenvalue weighted by molar-refractivity contribution is 6.35. The SMILES string of the molecule is COc1ccc(C(=O)N2CCC(N3CC(c4ccccc4)OC3=O)CC2)c(Cl)c1OC. The number of amides is 2. The fourth-order valence-corrected chi connectivity index (χ4v) is 4.54. The van der Waals surface area contributed by atoms with E-state index in [-0.39, 0.29) is 29.2 Å². The van der Waals surface area contributed by atoms with Gasteiger partial charge in [-0.05, 0) is 30.5 Å².